The number of hydrogen-bond acceptors (Lipinski definition) is 3. The van der Waals surface area contributed by atoms with E-state index in [1.807, 2.05) is 29.1 Å². The highest BCUT2D eigenvalue weighted by Gasteiger charge is 2.22. The zero-order valence-corrected chi connectivity index (χ0v) is 11.9. The van der Waals surface area contributed by atoms with Crippen molar-refractivity contribution < 1.29 is 0 Å². The summed E-state index contributed by atoms with van der Waals surface area (Å²) in [5.41, 5.74) is 8.34. The van der Waals surface area contributed by atoms with E-state index < -0.39 is 0 Å². The molecular formula is C16H22N4. The summed E-state index contributed by atoms with van der Waals surface area (Å²) in [6, 6.07) is 11.0. The van der Waals surface area contributed by atoms with Crippen LogP contribution in [0.5, 0.6) is 0 Å². The molecule has 0 aliphatic carbocycles. The molecule has 1 fully saturated rings. The Morgan fingerprint density at radius 1 is 1.20 bits per heavy atom. The first kappa shape index (κ1) is 13.3. The van der Waals surface area contributed by atoms with Crippen LogP contribution in [0, 0.1) is 0 Å². The fourth-order valence-electron chi connectivity index (χ4n) is 2.79. The quantitative estimate of drug-likeness (QED) is 0.931. The number of nitrogens with two attached hydrogens (primary N) is 1. The predicted octanol–water partition coefficient (Wildman–Crippen LogP) is 2.36. The van der Waals surface area contributed by atoms with Crippen molar-refractivity contribution in [2.45, 2.75) is 31.8 Å². The van der Waals surface area contributed by atoms with Crippen LogP contribution in [-0.4, -0.2) is 33.8 Å². The van der Waals surface area contributed by atoms with Gasteiger partial charge in [0.2, 0.25) is 0 Å². The fourth-order valence-corrected chi connectivity index (χ4v) is 2.79. The van der Waals surface area contributed by atoms with Gasteiger partial charge in [0.15, 0.2) is 0 Å². The summed E-state index contributed by atoms with van der Waals surface area (Å²) < 4.78 is 1.95. The van der Waals surface area contributed by atoms with E-state index in [-0.39, 0.29) is 0 Å². The largest absolute Gasteiger partial charge is 0.328 e. The van der Waals surface area contributed by atoms with E-state index in [0.29, 0.717) is 12.1 Å². The Kier molecular flexibility index (Phi) is 3.85. The van der Waals surface area contributed by atoms with Crippen LogP contribution in [0.3, 0.4) is 0 Å². The Hall–Kier alpha value is -1.65. The third-order valence-electron chi connectivity index (χ3n) is 4.23. The molecule has 0 radical (unpaired) electrons. The summed E-state index contributed by atoms with van der Waals surface area (Å²) in [6.45, 7) is 4.42. The van der Waals surface area contributed by atoms with E-state index >= 15 is 0 Å². The highest BCUT2D eigenvalue weighted by Crippen LogP contribution is 2.24. The van der Waals surface area contributed by atoms with E-state index in [4.69, 9.17) is 5.73 Å². The molecule has 20 heavy (non-hydrogen) atoms. The summed E-state index contributed by atoms with van der Waals surface area (Å²) in [5, 5.41) is 4.48. The number of benzene rings is 1. The van der Waals surface area contributed by atoms with Gasteiger partial charge >= 0.3 is 0 Å². The lowest BCUT2D eigenvalue weighted by atomic mass is 10.0. The minimum absolute atomic E-state index is 0.380. The number of rotatable bonds is 3. The highest BCUT2D eigenvalue weighted by molar-refractivity contribution is 5.31. The molecule has 1 atom stereocenters. The van der Waals surface area contributed by atoms with E-state index in [0.717, 1.165) is 31.6 Å². The molecule has 2 aromatic rings. The summed E-state index contributed by atoms with van der Waals surface area (Å²) in [7, 11) is 0. The lowest BCUT2D eigenvalue weighted by Crippen LogP contribution is -2.40. The maximum Gasteiger partial charge on any atom is 0.0645 e. The molecule has 1 saturated heterocycles. The zero-order valence-electron chi connectivity index (χ0n) is 11.9. The van der Waals surface area contributed by atoms with E-state index in [1.165, 1.54) is 5.56 Å². The lowest BCUT2D eigenvalue weighted by Gasteiger charge is -2.34. The second kappa shape index (κ2) is 5.77. The van der Waals surface area contributed by atoms with Gasteiger partial charge in [0.1, 0.15) is 0 Å². The van der Waals surface area contributed by atoms with E-state index in [9.17, 15) is 0 Å². The maximum atomic E-state index is 5.97. The van der Waals surface area contributed by atoms with Gasteiger partial charge in [-0.05, 0) is 31.9 Å². The van der Waals surface area contributed by atoms with Crippen molar-refractivity contribution in [3.63, 3.8) is 0 Å². The second-order valence-corrected chi connectivity index (χ2v) is 5.60. The normalized spacial score (nSPS) is 19.1. The van der Waals surface area contributed by atoms with Crippen LogP contribution in [-0.2, 0) is 0 Å². The minimum atomic E-state index is 0.380. The molecule has 1 aliphatic heterocycles. The maximum absolute atomic E-state index is 5.97. The van der Waals surface area contributed by atoms with Gasteiger partial charge in [-0.1, -0.05) is 18.2 Å². The molecule has 0 amide bonds. The SMILES string of the molecule is CC(c1cnn(-c2ccccc2)c1)N1CCC(N)CC1. The van der Waals surface area contributed by atoms with Crippen molar-refractivity contribution in [2.75, 3.05) is 13.1 Å². The van der Waals surface area contributed by atoms with E-state index in [1.54, 1.807) is 0 Å². The predicted molar refractivity (Wildman–Crippen MR) is 80.8 cm³/mol. The summed E-state index contributed by atoms with van der Waals surface area (Å²) in [6.07, 6.45) is 6.30. The molecular weight excluding hydrogens is 248 g/mol. The molecule has 2 heterocycles. The minimum Gasteiger partial charge on any atom is -0.328 e. The number of piperidine rings is 1. The smallest absolute Gasteiger partial charge is 0.0645 e. The number of aromatic nitrogens is 2. The van der Waals surface area contributed by atoms with Crippen LogP contribution in [0.15, 0.2) is 42.7 Å². The van der Waals surface area contributed by atoms with Crippen LogP contribution in [0.1, 0.15) is 31.4 Å². The Bertz CT molecular complexity index is 541. The molecule has 3 rings (SSSR count). The van der Waals surface area contributed by atoms with Crippen molar-refractivity contribution in [3.8, 4) is 5.69 Å². The number of likely N-dealkylation sites (tertiary alicyclic amines) is 1. The zero-order chi connectivity index (χ0) is 13.9. The molecule has 106 valence electrons. The third-order valence-corrected chi connectivity index (χ3v) is 4.23. The average molecular weight is 270 g/mol. The number of para-hydroxylation sites is 1. The third kappa shape index (κ3) is 2.76. The monoisotopic (exact) mass is 270 g/mol. The Balaban J connectivity index is 1.73. The van der Waals surface area contributed by atoms with Crippen molar-refractivity contribution in [2.24, 2.45) is 5.73 Å². The topological polar surface area (TPSA) is 47.1 Å². The molecule has 4 nitrogen and oxygen atoms in total. The summed E-state index contributed by atoms with van der Waals surface area (Å²) in [5.74, 6) is 0. The van der Waals surface area contributed by atoms with Gasteiger partial charge in [-0.25, -0.2) is 4.68 Å². The number of nitrogens with zero attached hydrogens (tertiary/aromatic N) is 3. The Labute approximate surface area is 120 Å². The van der Waals surface area contributed by atoms with Crippen LogP contribution in [0.25, 0.3) is 5.69 Å². The van der Waals surface area contributed by atoms with Gasteiger partial charge in [-0.3, -0.25) is 4.90 Å². The standard InChI is InChI=1S/C16H22N4/c1-13(19-9-7-15(17)8-10-19)14-11-18-20(12-14)16-5-3-2-4-6-16/h2-6,11-13,15H,7-10,17H2,1H3. The van der Waals surface area contributed by atoms with Crippen LogP contribution < -0.4 is 5.73 Å². The second-order valence-electron chi connectivity index (χ2n) is 5.60. The van der Waals surface area contributed by atoms with Gasteiger partial charge in [-0.2, -0.15) is 5.10 Å². The van der Waals surface area contributed by atoms with Crippen LogP contribution in [0.2, 0.25) is 0 Å². The number of hydrogen-bond donors (Lipinski definition) is 1. The van der Waals surface area contributed by atoms with Crippen LogP contribution in [0.4, 0.5) is 0 Å². The molecule has 1 aromatic carbocycles. The Morgan fingerprint density at radius 3 is 2.60 bits per heavy atom. The molecule has 1 unspecified atom stereocenters. The average Bonchev–Trinajstić information content (AvgIpc) is 2.98. The molecule has 0 spiro atoms. The molecule has 2 N–H and O–H groups in total. The first-order chi connectivity index (χ1) is 9.74. The van der Waals surface area contributed by atoms with Gasteiger partial charge in [0.05, 0.1) is 11.9 Å². The van der Waals surface area contributed by atoms with Crippen molar-refractivity contribution in [1.82, 2.24) is 14.7 Å². The first-order valence-electron chi connectivity index (χ1n) is 7.33. The van der Waals surface area contributed by atoms with Gasteiger partial charge < -0.3 is 5.73 Å². The fraction of sp³-hybridized carbons (Fsp3) is 0.438. The summed E-state index contributed by atoms with van der Waals surface area (Å²) >= 11 is 0. The van der Waals surface area contributed by atoms with E-state index in [2.05, 4.69) is 35.3 Å². The summed E-state index contributed by atoms with van der Waals surface area (Å²) in [4.78, 5) is 2.50. The van der Waals surface area contributed by atoms with Gasteiger partial charge in [0, 0.05) is 36.9 Å². The van der Waals surface area contributed by atoms with Crippen molar-refractivity contribution >= 4 is 0 Å². The molecule has 1 aliphatic rings. The van der Waals surface area contributed by atoms with Gasteiger partial charge in [-0.15, -0.1) is 0 Å². The van der Waals surface area contributed by atoms with Gasteiger partial charge in [0.25, 0.3) is 0 Å². The molecule has 0 saturated carbocycles. The highest BCUT2D eigenvalue weighted by atomic mass is 15.3. The molecule has 1 aromatic heterocycles. The van der Waals surface area contributed by atoms with Crippen molar-refractivity contribution in [3.05, 3.63) is 48.3 Å². The lowest BCUT2D eigenvalue weighted by molar-refractivity contribution is 0.163. The first-order valence-corrected chi connectivity index (χ1v) is 7.33. The molecule has 4 heteroatoms. The molecule has 0 bridgehead atoms. The van der Waals surface area contributed by atoms with Crippen molar-refractivity contribution in [1.29, 1.82) is 0 Å². The Morgan fingerprint density at radius 2 is 1.90 bits per heavy atom. The van der Waals surface area contributed by atoms with Crippen LogP contribution >= 0.6 is 0 Å².